The van der Waals surface area contributed by atoms with Crippen molar-refractivity contribution >= 4 is 33.6 Å². The van der Waals surface area contributed by atoms with Crippen LogP contribution in [0.15, 0.2) is 41.1 Å². The molecule has 0 fully saturated rings. The molecule has 1 aromatic carbocycles. The van der Waals surface area contributed by atoms with Crippen molar-refractivity contribution in [2.24, 2.45) is 5.10 Å². The summed E-state index contributed by atoms with van der Waals surface area (Å²) >= 11 is 1.61. The number of anilines is 1. The second-order valence-electron chi connectivity index (χ2n) is 4.69. The van der Waals surface area contributed by atoms with Crippen LogP contribution in [0.1, 0.15) is 18.1 Å². The number of aryl methyl sites for hydroxylation is 1. The van der Waals surface area contributed by atoms with Crippen molar-refractivity contribution in [1.82, 2.24) is 9.97 Å². The minimum absolute atomic E-state index is 0.648. The summed E-state index contributed by atoms with van der Waals surface area (Å²) in [5, 5.41) is 6.33. The maximum absolute atomic E-state index is 5.47. The van der Waals surface area contributed by atoms with Crippen molar-refractivity contribution < 1.29 is 4.74 Å². The Kier molecular flexibility index (Phi) is 4.29. The van der Waals surface area contributed by atoms with Crippen LogP contribution >= 0.6 is 11.3 Å². The summed E-state index contributed by atoms with van der Waals surface area (Å²) in [7, 11) is 0. The van der Waals surface area contributed by atoms with E-state index in [0.29, 0.717) is 6.61 Å². The van der Waals surface area contributed by atoms with Gasteiger partial charge in [0.1, 0.15) is 12.1 Å². The van der Waals surface area contributed by atoms with Crippen LogP contribution < -0.4 is 10.2 Å². The number of nitrogens with one attached hydrogen (secondary N) is 1. The fourth-order valence-electron chi connectivity index (χ4n) is 2.07. The van der Waals surface area contributed by atoms with E-state index in [2.05, 4.69) is 25.9 Å². The van der Waals surface area contributed by atoms with Gasteiger partial charge in [0.15, 0.2) is 5.82 Å². The fraction of sp³-hybridized carbons (Fsp3) is 0.188. The van der Waals surface area contributed by atoms with Gasteiger partial charge in [0.25, 0.3) is 0 Å². The molecule has 0 spiro atoms. The number of thiophene rings is 1. The van der Waals surface area contributed by atoms with Crippen LogP contribution in [0.2, 0.25) is 0 Å². The molecule has 0 unspecified atom stereocenters. The Balaban J connectivity index is 1.77. The number of fused-ring (bicyclic) bond motifs is 1. The van der Waals surface area contributed by atoms with Gasteiger partial charge in [0, 0.05) is 0 Å². The minimum atomic E-state index is 0.648. The van der Waals surface area contributed by atoms with E-state index < -0.39 is 0 Å². The third kappa shape index (κ3) is 3.07. The average molecular weight is 312 g/mol. The van der Waals surface area contributed by atoms with Gasteiger partial charge in [-0.2, -0.15) is 5.10 Å². The van der Waals surface area contributed by atoms with Crippen molar-refractivity contribution in [3.05, 3.63) is 47.1 Å². The summed E-state index contributed by atoms with van der Waals surface area (Å²) in [6, 6.07) is 7.78. The standard InChI is InChI=1S/C16H16N4OS/c1-3-21-13-6-4-5-12(7-13)8-19-20-16-15-14(17-10-18-16)11(2)9-22-15/h4-10H,3H2,1-2H3,(H,17,18,20)/b19-8+. The van der Waals surface area contributed by atoms with E-state index in [1.54, 1.807) is 23.9 Å². The lowest BCUT2D eigenvalue weighted by Crippen LogP contribution is -1.95. The zero-order valence-electron chi connectivity index (χ0n) is 12.4. The van der Waals surface area contributed by atoms with Crippen LogP contribution in [0.4, 0.5) is 5.82 Å². The summed E-state index contributed by atoms with van der Waals surface area (Å²) in [5.74, 6) is 1.56. The van der Waals surface area contributed by atoms with Crippen molar-refractivity contribution in [3.63, 3.8) is 0 Å². The Morgan fingerprint density at radius 3 is 3.14 bits per heavy atom. The van der Waals surface area contributed by atoms with Gasteiger partial charge in [-0.1, -0.05) is 12.1 Å². The number of aromatic nitrogens is 2. The second kappa shape index (κ2) is 6.53. The van der Waals surface area contributed by atoms with Gasteiger partial charge < -0.3 is 4.74 Å². The van der Waals surface area contributed by atoms with E-state index in [9.17, 15) is 0 Å². The number of nitrogens with zero attached hydrogens (tertiary/aromatic N) is 3. The van der Waals surface area contributed by atoms with Crippen LogP contribution in [0.5, 0.6) is 5.75 Å². The highest BCUT2D eigenvalue weighted by atomic mass is 32.1. The van der Waals surface area contributed by atoms with Gasteiger partial charge >= 0.3 is 0 Å². The molecule has 6 heteroatoms. The predicted molar refractivity (Wildman–Crippen MR) is 91.0 cm³/mol. The molecule has 3 aromatic rings. The largest absolute Gasteiger partial charge is 0.494 e. The molecule has 0 aliphatic heterocycles. The van der Waals surface area contributed by atoms with Crippen molar-refractivity contribution in [2.75, 3.05) is 12.0 Å². The molecule has 0 radical (unpaired) electrons. The lowest BCUT2D eigenvalue weighted by Gasteiger charge is -2.03. The number of rotatable bonds is 5. The van der Waals surface area contributed by atoms with E-state index in [-0.39, 0.29) is 0 Å². The number of ether oxygens (including phenoxy) is 1. The maximum Gasteiger partial charge on any atom is 0.167 e. The van der Waals surface area contributed by atoms with E-state index in [4.69, 9.17) is 4.74 Å². The maximum atomic E-state index is 5.47. The molecular formula is C16H16N4OS. The number of hydrogen-bond acceptors (Lipinski definition) is 6. The first-order valence-electron chi connectivity index (χ1n) is 6.98. The molecule has 0 atom stereocenters. The zero-order chi connectivity index (χ0) is 15.4. The van der Waals surface area contributed by atoms with Gasteiger partial charge in [-0.05, 0) is 42.5 Å². The highest BCUT2D eigenvalue weighted by molar-refractivity contribution is 7.18. The topological polar surface area (TPSA) is 59.4 Å². The zero-order valence-corrected chi connectivity index (χ0v) is 13.2. The highest BCUT2D eigenvalue weighted by Crippen LogP contribution is 2.28. The van der Waals surface area contributed by atoms with Gasteiger partial charge in [-0.15, -0.1) is 11.3 Å². The van der Waals surface area contributed by atoms with E-state index in [1.165, 1.54) is 0 Å². The van der Waals surface area contributed by atoms with Crippen molar-refractivity contribution in [2.45, 2.75) is 13.8 Å². The molecule has 2 aromatic heterocycles. The SMILES string of the molecule is CCOc1cccc(/C=N/Nc2ncnc3c(C)csc23)c1. The lowest BCUT2D eigenvalue weighted by molar-refractivity contribution is 0.340. The summed E-state index contributed by atoms with van der Waals surface area (Å²) < 4.78 is 6.48. The quantitative estimate of drug-likeness (QED) is 0.574. The molecule has 1 N–H and O–H groups in total. The number of hydrazone groups is 1. The van der Waals surface area contributed by atoms with Gasteiger partial charge in [-0.25, -0.2) is 9.97 Å². The third-order valence-corrected chi connectivity index (χ3v) is 4.18. The Morgan fingerprint density at radius 2 is 2.27 bits per heavy atom. The molecule has 3 rings (SSSR count). The first-order valence-corrected chi connectivity index (χ1v) is 7.86. The average Bonchev–Trinajstić information content (AvgIpc) is 2.91. The first-order chi connectivity index (χ1) is 10.8. The molecule has 0 aliphatic rings. The molecule has 0 saturated carbocycles. The normalized spacial score (nSPS) is 11.2. The Hall–Kier alpha value is -2.47. The summed E-state index contributed by atoms with van der Waals surface area (Å²) in [5.41, 5.74) is 6.07. The molecule has 112 valence electrons. The molecule has 0 saturated heterocycles. The molecule has 0 bridgehead atoms. The van der Waals surface area contributed by atoms with E-state index >= 15 is 0 Å². The molecule has 0 aliphatic carbocycles. The highest BCUT2D eigenvalue weighted by Gasteiger charge is 2.06. The second-order valence-corrected chi connectivity index (χ2v) is 5.57. The lowest BCUT2D eigenvalue weighted by atomic mass is 10.2. The van der Waals surface area contributed by atoms with E-state index in [0.717, 1.165) is 32.9 Å². The molecule has 2 heterocycles. The van der Waals surface area contributed by atoms with Crippen LogP contribution in [-0.2, 0) is 0 Å². The van der Waals surface area contributed by atoms with Crippen LogP contribution in [0.25, 0.3) is 10.2 Å². The monoisotopic (exact) mass is 312 g/mol. The van der Waals surface area contributed by atoms with Crippen LogP contribution in [-0.4, -0.2) is 22.8 Å². The Labute approximate surface area is 132 Å². The fourth-order valence-corrected chi connectivity index (χ4v) is 3.01. The molecular weight excluding hydrogens is 296 g/mol. The smallest absolute Gasteiger partial charge is 0.167 e. The number of hydrogen-bond donors (Lipinski definition) is 1. The minimum Gasteiger partial charge on any atom is -0.494 e. The first kappa shape index (κ1) is 14.5. The van der Waals surface area contributed by atoms with Gasteiger partial charge in [-0.3, -0.25) is 5.43 Å². The van der Waals surface area contributed by atoms with Gasteiger partial charge in [0.05, 0.1) is 23.0 Å². The van der Waals surface area contributed by atoms with Crippen LogP contribution in [0, 0.1) is 6.92 Å². The molecule has 0 amide bonds. The van der Waals surface area contributed by atoms with Crippen LogP contribution in [0.3, 0.4) is 0 Å². The Morgan fingerprint density at radius 1 is 1.36 bits per heavy atom. The Bertz CT molecular complexity index is 813. The summed E-state index contributed by atoms with van der Waals surface area (Å²) in [6.07, 6.45) is 3.30. The van der Waals surface area contributed by atoms with Crippen molar-refractivity contribution in [3.8, 4) is 5.75 Å². The van der Waals surface area contributed by atoms with Gasteiger partial charge in [0.2, 0.25) is 0 Å². The van der Waals surface area contributed by atoms with Crippen molar-refractivity contribution in [1.29, 1.82) is 0 Å². The van der Waals surface area contributed by atoms with E-state index in [1.807, 2.05) is 38.1 Å². The third-order valence-electron chi connectivity index (χ3n) is 3.08. The molecule has 22 heavy (non-hydrogen) atoms. The number of benzene rings is 1. The molecule has 5 nitrogen and oxygen atoms in total. The predicted octanol–water partition coefficient (Wildman–Crippen LogP) is 3.84. The summed E-state index contributed by atoms with van der Waals surface area (Å²) in [4.78, 5) is 8.54. The summed E-state index contributed by atoms with van der Waals surface area (Å²) in [6.45, 7) is 4.65.